The summed E-state index contributed by atoms with van der Waals surface area (Å²) in [6, 6.07) is 15.6. The number of thioether (sulfide) groups is 1. The van der Waals surface area contributed by atoms with Crippen LogP contribution in [0.5, 0.6) is 0 Å². The van der Waals surface area contributed by atoms with Crippen LogP contribution in [0.3, 0.4) is 0 Å². The van der Waals surface area contributed by atoms with E-state index < -0.39 is 22.0 Å². The van der Waals surface area contributed by atoms with E-state index in [1.54, 1.807) is 47.2 Å². The zero-order valence-electron chi connectivity index (χ0n) is 16.4. The Morgan fingerprint density at radius 1 is 1.09 bits per heavy atom. The summed E-state index contributed by atoms with van der Waals surface area (Å²) in [4.78, 5) is 48.2. The standard InChI is InChI=1S/C22H15N3O6S/c26-20-19(32-22(29)24(20)13-14-4-1-7-18(10-14)25(30)31)12-17-8-3-9-23(17)16-6-2-5-15(11-16)21(27)28/h1-12H,13H2,(H,27,28)/b19-12-. The van der Waals surface area contributed by atoms with E-state index in [2.05, 4.69) is 0 Å². The minimum Gasteiger partial charge on any atom is -0.478 e. The topological polar surface area (TPSA) is 123 Å². The molecule has 1 N–H and O–H groups in total. The lowest BCUT2D eigenvalue weighted by Crippen LogP contribution is -2.27. The lowest BCUT2D eigenvalue weighted by molar-refractivity contribution is -0.384. The van der Waals surface area contributed by atoms with E-state index in [0.717, 1.165) is 16.7 Å². The summed E-state index contributed by atoms with van der Waals surface area (Å²) in [6.45, 7) is -0.0780. The number of carboxylic acid groups (broad SMARTS) is 1. The second-order valence-electron chi connectivity index (χ2n) is 6.85. The summed E-state index contributed by atoms with van der Waals surface area (Å²) in [5.41, 5.74) is 1.66. The minimum absolute atomic E-state index is 0.0780. The van der Waals surface area contributed by atoms with Crippen LogP contribution in [-0.4, -0.2) is 36.6 Å². The Labute approximate surface area is 185 Å². The van der Waals surface area contributed by atoms with E-state index in [4.69, 9.17) is 0 Å². The van der Waals surface area contributed by atoms with E-state index in [1.165, 1.54) is 30.3 Å². The highest BCUT2D eigenvalue weighted by Crippen LogP contribution is 2.34. The number of benzene rings is 2. The molecule has 1 aromatic heterocycles. The third kappa shape index (κ3) is 4.16. The highest BCUT2D eigenvalue weighted by atomic mass is 32.2. The van der Waals surface area contributed by atoms with E-state index in [9.17, 15) is 29.6 Å². The Morgan fingerprint density at radius 2 is 1.88 bits per heavy atom. The number of imide groups is 1. The summed E-state index contributed by atoms with van der Waals surface area (Å²) in [6.07, 6.45) is 3.28. The maximum atomic E-state index is 12.9. The molecule has 1 fully saturated rings. The van der Waals surface area contributed by atoms with Gasteiger partial charge in [-0.25, -0.2) is 4.79 Å². The van der Waals surface area contributed by atoms with Gasteiger partial charge in [-0.05, 0) is 53.7 Å². The molecule has 2 amide bonds. The van der Waals surface area contributed by atoms with Gasteiger partial charge in [-0.3, -0.25) is 24.6 Å². The number of carboxylic acids is 1. The highest BCUT2D eigenvalue weighted by Gasteiger charge is 2.35. The van der Waals surface area contributed by atoms with Crippen molar-refractivity contribution >= 4 is 40.6 Å². The first-order chi connectivity index (χ1) is 15.3. The minimum atomic E-state index is -1.05. The van der Waals surface area contributed by atoms with Crippen LogP contribution in [0.25, 0.3) is 11.8 Å². The summed E-state index contributed by atoms with van der Waals surface area (Å²) >= 11 is 0.779. The Bertz CT molecular complexity index is 1300. The SMILES string of the molecule is O=C(O)c1cccc(-n2cccc2/C=C2\SC(=O)N(Cc3cccc([N+](=O)[O-])c3)C2=O)c1. The molecule has 2 heterocycles. The zero-order chi connectivity index (χ0) is 22.8. The number of nitro groups is 1. The molecule has 0 radical (unpaired) electrons. The molecular formula is C22H15N3O6S. The molecule has 0 unspecified atom stereocenters. The smallest absolute Gasteiger partial charge is 0.335 e. The van der Waals surface area contributed by atoms with Crippen molar-refractivity contribution in [2.45, 2.75) is 6.54 Å². The third-order valence-corrected chi connectivity index (χ3v) is 5.67. The number of hydrogen-bond acceptors (Lipinski definition) is 6. The number of carbonyl (C=O) groups is 3. The summed E-state index contributed by atoms with van der Waals surface area (Å²) in [5.74, 6) is -1.55. The number of nitro benzene ring substituents is 1. The fourth-order valence-corrected chi connectivity index (χ4v) is 4.08. The molecule has 3 aromatic rings. The molecule has 1 saturated heterocycles. The van der Waals surface area contributed by atoms with Gasteiger partial charge in [0.15, 0.2) is 0 Å². The van der Waals surface area contributed by atoms with Gasteiger partial charge < -0.3 is 9.67 Å². The molecule has 0 spiro atoms. The van der Waals surface area contributed by atoms with Gasteiger partial charge in [0.05, 0.1) is 21.9 Å². The van der Waals surface area contributed by atoms with E-state index in [1.807, 2.05) is 0 Å². The second kappa shape index (κ2) is 8.52. The Morgan fingerprint density at radius 3 is 2.62 bits per heavy atom. The van der Waals surface area contributed by atoms with Crippen LogP contribution in [0, 0.1) is 10.1 Å². The van der Waals surface area contributed by atoms with Crippen molar-refractivity contribution < 1.29 is 24.4 Å². The molecule has 0 saturated carbocycles. The van der Waals surface area contributed by atoms with Crippen molar-refractivity contribution in [3.63, 3.8) is 0 Å². The van der Waals surface area contributed by atoms with Gasteiger partial charge >= 0.3 is 5.97 Å². The largest absolute Gasteiger partial charge is 0.478 e. The van der Waals surface area contributed by atoms with Gasteiger partial charge in [-0.15, -0.1) is 0 Å². The quantitative estimate of drug-likeness (QED) is 0.338. The van der Waals surface area contributed by atoms with Crippen LogP contribution in [0.4, 0.5) is 10.5 Å². The van der Waals surface area contributed by atoms with Crippen LogP contribution in [0.1, 0.15) is 21.6 Å². The molecular weight excluding hydrogens is 434 g/mol. The zero-order valence-corrected chi connectivity index (χ0v) is 17.2. The predicted octanol–water partition coefficient (Wildman–Crippen LogP) is 4.32. The lowest BCUT2D eigenvalue weighted by atomic mass is 10.2. The highest BCUT2D eigenvalue weighted by molar-refractivity contribution is 8.18. The number of nitrogens with zero attached hydrogens (tertiary/aromatic N) is 3. The molecule has 0 atom stereocenters. The molecule has 32 heavy (non-hydrogen) atoms. The first-order valence-electron chi connectivity index (χ1n) is 9.33. The van der Waals surface area contributed by atoms with Gasteiger partial charge in [0, 0.05) is 29.7 Å². The third-order valence-electron chi connectivity index (χ3n) is 4.77. The number of hydrogen-bond donors (Lipinski definition) is 1. The van der Waals surface area contributed by atoms with Crippen LogP contribution in [-0.2, 0) is 11.3 Å². The number of rotatable bonds is 6. The maximum absolute atomic E-state index is 12.9. The van der Waals surface area contributed by atoms with Crippen LogP contribution in [0.15, 0.2) is 71.8 Å². The van der Waals surface area contributed by atoms with Crippen LogP contribution < -0.4 is 0 Å². The van der Waals surface area contributed by atoms with Gasteiger partial charge in [-0.2, -0.15) is 0 Å². The van der Waals surface area contributed by atoms with Gasteiger partial charge in [0.1, 0.15) is 0 Å². The number of carbonyl (C=O) groups excluding carboxylic acids is 2. The van der Waals surface area contributed by atoms with Gasteiger partial charge in [0.25, 0.3) is 16.8 Å². The monoisotopic (exact) mass is 449 g/mol. The Hall–Kier alpha value is -4.18. The number of amides is 2. The molecule has 9 nitrogen and oxygen atoms in total. The van der Waals surface area contributed by atoms with Crippen LogP contribution in [0.2, 0.25) is 0 Å². The fourth-order valence-electron chi connectivity index (χ4n) is 3.26. The molecule has 1 aliphatic heterocycles. The normalized spacial score (nSPS) is 14.9. The van der Waals surface area contributed by atoms with Crippen molar-refractivity contribution in [2.75, 3.05) is 0 Å². The van der Waals surface area contributed by atoms with Gasteiger partial charge in [-0.1, -0.05) is 18.2 Å². The molecule has 0 aliphatic carbocycles. The van der Waals surface area contributed by atoms with Crippen molar-refractivity contribution in [1.29, 1.82) is 0 Å². The molecule has 1 aliphatic rings. The van der Waals surface area contributed by atoms with E-state index >= 15 is 0 Å². The van der Waals surface area contributed by atoms with Crippen molar-refractivity contribution in [3.8, 4) is 5.69 Å². The van der Waals surface area contributed by atoms with E-state index in [0.29, 0.717) is 16.9 Å². The average molecular weight is 449 g/mol. The molecule has 0 bridgehead atoms. The number of non-ortho nitro benzene ring substituents is 1. The van der Waals surface area contributed by atoms with Crippen LogP contribution >= 0.6 is 11.8 Å². The van der Waals surface area contributed by atoms with E-state index in [-0.39, 0.29) is 22.7 Å². The first kappa shape index (κ1) is 21.1. The second-order valence-corrected chi connectivity index (χ2v) is 7.85. The molecule has 10 heteroatoms. The summed E-state index contributed by atoms with van der Waals surface area (Å²) < 4.78 is 1.71. The van der Waals surface area contributed by atoms with Crippen molar-refractivity contribution in [1.82, 2.24) is 9.47 Å². The predicted molar refractivity (Wildman–Crippen MR) is 117 cm³/mol. The fraction of sp³-hybridized carbons (Fsp3) is 0.0455. The molecule has 2 aromatic carbocycles. The Kier molecular flexibility index (Phi) is 5.61. The average Bonchev–Trinajstić information content (AvgIpc) is 3.34. The lowest BCUT2D eigenvalue weighted by Gasteiger charge is -2.12. The van der Waals surface area contributed by atoms with Crippen molar-refractivity contribution in [2.24, 2.45) is 0 Å². The van der Waals surface area contributed by atoms with Crippen molar-refractivity contribution in [3.05, 3.63) is 98.7 Å². The summed E-state index contributed by atoms with van der Waals surface area (Å²) in [5, 5.41) is 19.7. The molecule has 160 valence electrons. The maximum Gasteiger partial charge on any atom is 0.335 e. The first-order valence-corrected chi connectivity index (χ1v) is 10.1. The molecule has 4 rings (SSSR count). The number of aromatic carboxylic acids is 1. The Balaban J connectivity index is 1.60. The van der Waals surface area contributed by atoms with Gasteiger partial charge in [0.2, 0.25) is 0 Å². The number of aromatic nitrogens is 1. The summed E-state index contributed by atoms with van der Waals surface area (Å²) in [7, 11) is 0.